The summed E-state index contributed by atoms with van der Waals surface area (Å²) in [4.78, 5) is 2.34. The van der Waals surface area contributed by atoms with Crippen molar-refractivity contribution < 1.29 is 4.74 Å². The van der Waals surface area contributed by atoms with Crippen molar-refractivity contribution >= 4 is 17.5 Å². The molecule has 1 aromatic rings. The molecular weight excluding hydrogens is 262 g/mol. The Labute approximate surface area is 126 Å². The van der Waals surface area contributed by atoms with E-state index in [0.717, 1.165) is 31.8 Å². The summed E-state index contributed by atoms with van der Waals surface area (Å²) >= 11 is 0. The Kier molecular flexibility index (Phi) is 3.97. The Balaban J connectivity index is 2.12. The molecule has 0 spiro atoms. The molecule has 2 heterocycles. The lowest BCUT2D eigenvalue weighted by Crippen LogP contribution is -2.29. The van der Waals surface area contributed by atoms with Gasteiger partial charge in [0, 0.05) is 50.2 Å². The Morgan fingerprint density at radius 1 is 1.43 bits per heavy atom. The molecule has 2 N–H and O–H groups in total. The molecule has 3 rings (SSSR count). The zero-order chi connectivity index (χ0) is 14.8. The van der Waals surface area contributed by atoms with Crippen LogP contribution < -0.4 is 10.2 Å². The van der Waals surface area contributed by atoms with E-state index in [9.17, 15) is 0 Å². The zero-order valence-corrected chi connectivity index (χ0v) is 12.8. The molecular formula is C17H23N3O. The van der Waals surface area contributed by atoms with Crippen molar-refractivity contribution in [2.75, 3.05) is 38.8 Å². The lowest BCUT2D eigenvalue weighted by molar-refractivity contribution is 0.00834. The third kappa shape index (κ3) is 2.56. The lowest BCUT2D eigenvalue weighted by Gasteiger charge is -2.33. The highest BCUT2D eigenvalue weighted by Crippen LogP contribution is 2.37. The molecule has 0 bridgehead atoms. The SMILES string of the molecule is CN/C=C(\C=N)c1cc2c(cc1C1COC1)N(C)CCC2. The summed E-state index contributed by atoms with van der Waals surface area (Å²) in [5.41, 5.74) is 6.18. The van der Waals surface area contributed by atoms with E-state index in [1.165, 1.54) is 35.0 Å². The first-order valence-corrected chi connectivity index (χ1v) is 7.58. The zero-order valence-electron chi connectivity index (χ0n) is 12.8. The Hall–Kier alpha value is -1.81. The number of hydrogen-bond donors (Lipinski definition) is 2. The average Bonchev–Trinajstić information content (AvgIpc) is 2.43. The first-order valence-electron chi connectivity index (χ1n) is 7.58. The van der Waals surface area contributed by atoms with E-state index in [1.54, 1.807) is 0 Å². The molecule has 4 nitrogen and oxygen atoms in total. The summed E-state index contributed by atoms with van der Waals surface area (Å²) < 4.78 is 5.38. The number of ether oxygens (including phenoxy) is 1. The monoisotopic (exact) mass is 285 g/mol. The van der Waals surface area contributed by atoms with E-state index >= 15 is 0 Å². The molecule has 0 unspecified atom stereocenters. The highest BCUT2D eigenvalue weighted by atomic mass is 16.5. The maximum Gasteiger partial charge on any atom is 0.0557 e. The Morgan fingerprint density at radius 2 is 2.24 bits per heavy atom. The maximum atomic E-state index is 7.72. The van der Waals surface area contributed by atoms with Crippen LogP contribution in [0.1, 0.15) is 29.0 Å². The van der Waals surface area contributed by atoms with E-state index in [-0.39, 0.29) is 0 Å². The summed E-state index contributed by atoms with van der Waals surface area (Å²) in [5.74, 6) is 0.459. The van der Waals surface area contributed by atoms with E-state index in [2.05, 4.69) is 29.4 Å². The molecule has 1 aromatic carbocycles. The molecule has 21 heavy (non-hydrogen) atoms. The van der Waals surface area contributed by atoms with Gasteiger partial charge in [-0.3, -0.25) is 0 Å². The van der Waals surface area contributed by atoms with Crippen molar-refractivity contribution in [1.82, 2.24) is 5.32 Å². The second-order valence-electron chi connectivity index (χ2n) is 5.86. The van der Waals surface area contributed by atoms with Gasteiger partial charge in [-0.2, -0.15) is 0 Å². The fourth-order valence-corrected chi connectivity index (χ4v) is 3.19. The van der Waals surface area contributed by atoms with Gasteiger partial charge >= 0.3 is 0 Å². The van der Waals surface area contributed by atoms with Gasteiger partial charge in [0.25, 0.3) is 0 Å². The first kappa shape index (κ1) is 14.1. The Bertz CT molecular complexity index is 576. The van der Waals surface area contributed by atoms with Gasteiger partial charge in [0.2, 0.25) is 0 Å². The number of hydrogen-bond acceptors (Lipinski definition) is 4. The lowest BCUT2D eigenvalue weighted by atomic mass is 9.85. The van der Waals surface area contributed by atoms with Gasteiger partial charge < -0.3 is 20.4 Å². The number of anilines is 1. The molecule has 0 amide bonds. The van der Waals surface area contributed by atoms with Gasteiger partial charge in [0.15, 0.2) is 0 Å². The van der Waals surface area contributed by atoms with Gasteiger partial charge in [0.05, 0.1) is 13.2 Å². The van der Waals surface area contributed by atoms with Gasteiger partial charge in [-0.05, 0) is 41.7 Å². The highest BCUT2D eigenvalue weighted by molar-refractivity contribution is 6.09. The molecule has 1 fully saturated rings. The van der Waals surface area contributed by atoms with E-state index in [4.69, 9.17) is 10.1 Å². The molecule has 0 saturated carbocycles. The number of nitrogens with one attached hydrogen (secondary N) is 2. The molecule has 112 valence electrons. The number of benzene rings is 1. The molecule has 0 aromatic heterocycles. The second kappa shape index (κ2) is 5.90. The number of nitrogens with zero attached hydrogens (tertiary/aromatic N) is 1. The van der Waals surface area contributed by atoms with Crippen LogP contribution in [-0.4, -0.2) is 40.1 Å². The molecule has 1 saturated heterocycles. The van der Waals surface area contributed by atoms with E-state index in [1.807, 2.05) is 13.2 Å². The minimum atomic E-state index is 0.459. The molecule has 0 atom stereocenters. The van der Waals surface area contributed by atoms with Crippen LogP contribution in [0.5, 0.6) is 0 Å². The summed E-state index contributed by atoms with van der Waals surface area (Å²) in [6.45, 7) is 2.71. The molecule has 2 aliphatic rings. The summed E-state index contributed by atoms with van der Waals surface area (Å²) in [6.07, 6.45) is 5.67. The van der Waals surface area contributed by atoms with Crippen LogP contribution in [0.4, 0.5) is 5.69 Å². The van der Waals surface area contributed by atoms with Crippen LogP contribution >= 0.6 is 0 Å². The molecule has 2 aliphatic heterocycles. The van der Waals surface area contributed by atoms with Crippen molar-refractivity contribution in [2.45, 2.75) is 18.8 Å². The topological polar surface area (TPSA) is 48.4 Å². The van der Waals surface area contributed by atoms with Gasteiger partial charge in [-0.25, -0.2) is 0 Å². The predicted octanol–water partition coefficient (Wildman–Crippen LogP) is 2.39. The van der Waals surface area contributed by atoms with Crippen molar-refractivity contribution in [3.63, 3.8) is 0 Å². The molecule has 4 heteroatoms. The van der Waals surface area contributed by atoms with Crippen molar-refractivity contribution in [3.05, 3.63) is 35.0 Å². The summed E-state index contributed by atoms with van der Waals surface area (Å²) in [6, 6.07) is 4.61. The van der Waals surface area contributed by atoms with Crippen LogP contribution in [0.2, 0.25) is 0 Å². The fourth-order valence-electron chi connectivity index (χ4n) is 3.19. The normalized spacial score (nSPS) is 19.0. The number of allylic oxidation sites excluding steroid dienone is 1. The van der Waals surface area contributed by atoms with E-state index < -0.39 is 0 Å². The van der Waals surface area contributed by atoms with E-state index in [0.29, 0.717) is 5.92 Å². The summed E-state index contributed by atoms with van der Waals surface area (Å²) in [7, 11) is 4.04. The standard InChI is InChI=1S/C17H23N3O/c1-19-9-13(8-18)15-6-12-4-3-5-20(2)17(12)7-16(15)14-10-21-11-14/h6-9,14,18-19H,3-5,10-11H2,1-2H3/b13-9+,18-8?. The second-order valence-corrected chi connectivity index (χ2v) is 5.86. The largest absolute Gasteiger partial charge is 0.393 e. The van der Waals surface area contributed by atoms with Crippen LogP contribution in [0, 0.1) is 5.41 Å². The Morgan fingerprint density at radius 3 is 2.86 bits per heavy atom. The molecule has 0 aliphatic carbocycles. The predicted molar refractivity (Wildman–Crippen MR) is 87.4 cm³/mol. The molecule has 0 radical (unpaired) electrons. The highest BCUT2D eigenvalue weighted by Gasteiger charge is 2.27. The van der Waals surface area contributed by atoms with Crippen LogP contribution in [0.25, 0.3) is 5.57 Å². The van der Waals surface area contributed by atoms with Gasteiger partial charge in [0.1, 0.15) is 0 Å². The van der Waals surface area contributed by atoms with Crippen molar-refractivity contribution in [3.8, 4) is 0 Å². The number of rotatable bonds is 4. The fraction of sp³-hybridized carbons (Fsp3) is 0.471. The van der Waals surface area contributed by atoms with Crippen molar-refractivity contribution in [2.24, 2.45) is 0 Å². The third-order valence-electron chi connectivity index (χ3n) is 4.45. The minimum absolute atomic E-state index is 0.459. The van der Waals surface area contributed by atoms with Gasteiger partial charge in [-0.1, -0.05) is 0 Å². The van der Waals surface area contributed by atoms with Crippen molar-refractivity contribution in [1.29, 1.82) is 5.41 Å². The number of fused-ring (bicyclic) bond motifs is 1. The maximum absolute atomic E-state index is 7.72. The first-order chi connectivity index (χ1) is 10.2. The third-order valence-corrected chi connectivity index (χ3v) is 4.45. The number of aryl methyl sites for hydroxylation is 1. The van der Waals surface area contributed by atoms with Crippen LogP contribution in [0.3, 0.4) is 0 Å². The van der Waals surface area contributed by atoms with Crippen LogP contribution in [0.15, 0.2) is 18.3 Å². The average molecular weight is 285 g/mol. The minimum Gasteiger partial charge on any atom is -0.393 e. The smallest absolute Gasteiger partial charge is 0.0557 e. The quantitative estimate of drug-likeness (QED) is 0.835. The summed E-state index contributed by atoms with van der Waals surface area (Å²) in [5, 5.41) is 10.8. The van der Waals surface area contributed by atoms with Gasteiger partial charge in [-0.15, -0.1) is 0 Å². The van der Waals surface area contributed by atoms with Crippen LogP contribution in [-0.2, 0) is 11.2 Å².